The summed E-state index contributed by atoms with van der Waals surface area (Å²) in [7, 11) is -1.40. The van der Waals surface area contributed by atoms with E-state index in [0.717, 1.165) is 0 Å². The van der Waals surface area contributed by atoms with Gasteiger partial charge in [0.1, 0.15) is 5.25 Å². The van der Waals surface area contributed by atoms with Crippen LogP contribution in [0.5, 0.6) is 0 Å². The van der Waals surface area contributed by atoms with E-state index in [1.54, 1.807) is 19.1 Å². The highest BCUT2D eigenvalue weighted by atomic mass is 35.5. The van der Waals surface area contributed by atoms with E-state index in [4.69, 9.17) is 22.6 Å². The monoisotopic (exact) mass is 228 g/mol. The third-order valence-corrected chi connectivity index (χ3v) is 3.64. The molecule has 0 fully saturated rings. The molecule has 1 rings (SSSR count). The molecular weight excluding hydrogens is 220 g/mol. The number of nitriles is 1. The first-order valence-electron chi connectivity index (χ1n) is 3.91. The summed E-state index contributed by atoms with van der Waals surface area (Å²) < 4.78 is 11.7. The first-order chi connectivity index (χ1) is 6.56. The second kappa shape index (κ2) is 4.45. The molecule has 2 atom stereocenters. The molecule has 0 radical (unpaired) electrons. The standard InChI is InChI=1S/C9H9ClN2OS/c1-6(5-11)14(13)9-3-2-7(12)4-8(9)10/h2-4,6H,12H2,1H3. The maximum absolute atomic E-state index is 11.7. The molecule has 14 heavy (non-hydrogen) atoms. The molecular formula is C9H9ClN2OS. The van der Waals surface area contributed by atoms with Gasteiger partial charge in [-0.1, -0.05) is 11.6 Å². The van der Waals surface area contributed by atoms with Crippen LogP contribution in [0.1, 0.15) is 6.92 Å². The Bertz CT molecular complexity index is 414. The van der Waals surface area contributed by atoms with Crippen molar-refractivity contribution in [3.8, 4) is 6.07 Å². The maximum atomic E-state index is 11.7. The molecule has 1 aromatic carbocycles. The van der Waals surface area contributed by atoms with Crippen molar-refractivity contribution >= 4 is 28.1 Å². The van der Waals surface area contributed by atoms with Gasteiger partial charge in [0, 0.05) is 5.69 Å². The number of benzene rings is 1. The maximum Gasteiger partial charge on any atom is 0.123 e. The number of hydrogen-bond acceptors (Lipinski definition) is 3. The van der Waals surface area contributed by atoms with E-state index in [9.17, 15) is 4.21 Å². The molecule has 5 heteroatoms. The molecule has 0 aliphatic heterocycles. The summed E-state index contributed by atoms with van der Waals surface area (Å²) in [4.78, 5) is 0.454. The van der Waals surface area contributed by atoms with Crippen LogP contribution < -0.4 is 5.73 Å². The average molecular weight is 229 g/mol. The largest absolute Gasteiger partial charge is 0.399 e. The summed E-state index contributed by atoms with van der Waals surface area (Å²) >= 11 is 5.84. The van der Waals surface area contributed by atoms with Gasteiger partial charge >= 0.3 is 0 Å². The van der Waals surface area contributed by atoms with Crippen LogP contribution in [-0.2, 0) is 10.8 Å². The first kappa shape index (κ1) is 11.0. The van der Waals surface area contributed by atoms with Crippen LogP contribution in [0.15, 0.2) is 23.1 Å². The summed E-state index contributed by atoms with van der Waals surface area (Å²) in [5.41, 5.74) is 6.00. The zero-order chi connectivity index (χ0) is 10.7. The molecule has 0 heterocycles. The fourth-order valence-corrected chi connectivity index (χ4v) is 2.27. The summed E-state index contributed by atoms with van der Waals surface area (Å²) in [6.45, 7) is 1.59. The smallest absolute Gasteiger partial charge is 0.123 e. The molecule has 1 aromatic rings. The molecule has 0 bridgehead atoms. The van der Waals surface area contributed by atoms with Crippen molar-refractivity contribution in [3.63, 3.8) is 0 Å². The van der Waals surface area contributed by atoms with Crippen molar-refractivity contribution in [2.45, 2.75) is 17.1 Å². The molecule has 0 saturated carbocycles. The first-order valence-corrected chi connectivity index (χ1v) is 5.50. The third-order valence-electron chi connectivity index (χ3n) is 1.68. The van der Waals surface area contributed by atoms with Crippen molar-refractivity contribution in [2.75, 3.05) is 5.73 Å². The quantitative estimate of drug-likeness (QED) is 0.787. The molecule has 2 unspecified atom stereocenters. The van der Waals surface area contributed by atoms with E-state index in [-0.39, 0.29) is 0 Å². The zero-order valence-corrected chi connectivity index (χ0v) is 9.10. The molecule has 0 aromatic heterocycles. The Morgan fingerprint density at radius 2 is 2.29 bits per heavy atom. The van der Waals surface area contributed by atoms with Gasteiger partial charge in [0.15, 0.2) is 0 Å². The van der Waals surface area contributed by atoms with E-state index >= 15 is 0 Å². The molecule has 0 saturated heterocycles. The molecule has 0 spiro atoms. The van der Waals surface area contributed by atoms with Gasteiger partial charge in [-0.25, -0.2) is 0 Å². The molecule has 2 N–H and O–H groups in total. The van der Waals surface area contributed by atoms with Crippen LogP contribution in [0.25, 0.3) is 0 Å². The van der Waals surface area contributed by atoms with Gasteiger partial charge < -0.3 is 5.73 Å². The summed E-state index contributed by atoms with van der Waals surface area (Å²) in [6.07, 6.45) is 0. The molecule has 74 valence electrons. The predicted octanol–water partition coefficient (Wildman–Crippen LogP) is 1.94. The van der Waals surface area contributed by atoms with Gasteiger partial charge in [-0.3, -0.25) is 4.21 Å². The lowest BCUT2D eigenvalue weighted by atomic mass is 10.3. The number of halogens is 1. The highest BCUT2D eigenvalue weighted by molar-refractivity contribution is 7.86. The van der Waals surface area contributed by atoms with E-state index in [1.165, 1.54) is 6.07 Å². The second-order valence-corrected chi connectivity index (χ2v) is 4.91. The number of rotatable bonds is 2. The Kier molecular flexibility index (Phi) is 3.50. The van der Waals surface area contributed by atoms with Crippen LogP contribution in [0.3, 0.4) is 0 Å². The minimum Gasteiger partial charge on any atom is -0.399 e. The second-order valence-electron chi connectivity index (χ2n) is 2.76. The Morgan fingerprint density at radius 3 is 2.79 bits per heavy atom. The molecule has 0 aliphatic carbocycles. The highest BCUT2D eigenvalue weighted by Crippen LogP contribution is 2.24. The number of anilines is 1. The summed E-state index contributed by atoms with van der Waals surface area (Å²) in [5, 5.41) is 8.37. The third kappa shape index (κ3) is 2.25. The molecule has 0 amide bonds. The van der Waals surface area contributed by atoms with Gasteiger partial charge in [-0.2, -0.15) is 5.26 Å². The number of nitrogens with two attached hydrogens (primary N) is 1. The number of nitrogens with zero attached hydrogens (tertiary/aromatic N) is 1. The van der Waals surface area contributed by atoms with Crippen LogP contribution in [-0.4, -0.2) is 9.46 Å². The van der Waals surface area contributed by atoms with Gasteiger partial charge in [-0.15, -0.1) is 0 Å². The zero-order valence-electron chi connectivity index (χ0n) is 7.53. The predicted molar refractivity (Wildman–Crippen MR) is 57.3 cm³/mol. The van der Waals surface area contributed by atoms with Crippen LogP contribution in [0, 0.1) is 11.3 Å². The fourth-order valence-electron chi connectivity index (χ4n) is 0.919. The Balaban J connectivity index is 3.09. The number of hydrogen-bond donors (Lipinski definition) is 1. The fraction of sp³-hybridized carbons (Fsp3) is 0.222. The Morgan fingerprint density at radius 1 is 1.64 bits per heavy atom. The minimum atomic E-state index is -1.40. The van der Waals surface area contributed by atoms with E-state index in [2.05, 4.69) is 0 Å². The van der Waals surface area contributed by atoms with E-state index in [1.807, 2.05) is 6.07 Å². The van der Waals surface area contributed by atoms with E-state index in [0.29, 0.717) is 15.6 Å². The van der Waals surface area contributed by atoms with Crippen molar-refractivity contribution in [3.05, 3.63) is 23.2 Å². The van der Waals surface area contributed by atoms with Crippen LogP contribution in [0.2, 0.25) is 5.02 Å². The molecule has 3 nitrogen and oxygen atoms in total. The van der Waals surface area contributed by atoms with Crippen molar-refractivity contribution in [1.82, 2.24) is 0 Å². The SMILES string of the molecule is CC(C#N)S(=O)c1ccc(N)cc1Cl. The highest BCUT2D eigenvalue weighted by Gasteiger charge is 2.15. The normalized spacial score (nSPS) is 14.4. The van der Waals surface area contributed by atoms with Gasteiger partial charge in [0.05, 0.1) is 26.8 Å². The van der Waals surface area contributed by atoms with Crippen molar-refractivity contribution < 1.29 is 4.21 Å². The summed E-state index contributed by atoms with van der Waals surface area (Å²) in [6, 6.07) is 6.64. The van der Waals surface area contributed by atoms with Gasteiger partial charge in [0.2, 0.25) is 0 Å². The Hall–Kier alpha value is -1.05. The number of nitrogen functional groups attached to an aromatic ring is 1. The van der Waals surface area contributed by atoms with Crippen molar-refractivity contribution in [1.29, 1.82) is 5.26 Å². The topological polar surface area (TPSA) is 66.9 Å². The van der Waals surface area contributed by atoms with E-state index < -0.39 is 16.0 Å². The average Bonchev–Trinajstić information content (AvgIpc) is 2.15. The van der Waals surface area contributed by atoms with Crippen LogP contribution in [0.4, 0.5) is 5.69 Å². The summed E-state index contributed by atoms with van der Waals surface area (Å²) in [5.74, 6) is 0. The van der Waals surface area contributed by atoms with Crippen molar-refractivity contribution in [2.24, 2.45) is 0 Å². The lowest BCUT2D eigenvalue weighted by Crippen LogP contribution is -2.08. The minimum absolute atomic E-state index is 0.338. The van der Waals surface area contributed by atoms with Gasteiger partial charge in [-0.05, 0) is 25.1 Å². The van der Waals surface area contributed by atoms with Crippen LogP contribution >= 0.6 is 11.6 Å². The lowest BCUT2D eigenvalue weighted by molar-refractivity contribution is 0.680. The lowest BCUT2D eigenvalue weighted by Gasteiger charge is -2.06. The molecule has 0 aliphatic rings. The van der Waals surface area contributed by atoms with Gasteiger partial charge in [0.25, 0.3) is 0 Å². The Labute approximate surface area is 89.9 Å².